The van der Waals surface area contributed by atoms with Crippen LogP contribution in [0.25, 0.3) is 0 Å². The maximum atomic E-state index is 9.55. The minimum atomic E-state index is -1.26. The zero-order valence-electron chi connectivity index (χ0n) is 15.8. The van der Waals surface area contributed by atoms with Crippen molar-refractivity contribution in [3.05, 3.63) is 77.9 Å². The van der Waals surface area contributed by atoms with E-state index < -0.39 is 11.9 Å². The van der Waals surface area contributed by atoms with Crippen molar-refractivity contribution in [3.63, 3.8) is 0 Å². The molecule has 0 spiro atoms. The highest BCUT2D eigenvalue weighted by atomic mass is 16.5. The van der Waals surface area contributed by atoms with Crippen molar-refractivity contribution in [2.45, 2.75) is 26.0 Å². The van der Waals surface area contributed by atoms with Crippen LogP contribution in [-0.4, -0.2) is 46.2 Å². The molecule has 3 rings (SSSR count). The van der Waals surface area contributed by atoms with Gasteiger partial charge in [0.1, 0.15) is 11.9 Å². The Morgan fingerprint density at radius 1 is 1.04 bits per heavy atom. The number of carboxylic acid groups (broad SMARTS) is 2. The summed E-state index contributed by atoms with van der Waals surface area (Å²) in [6.07, 6.45) is 2.55. The first-order valence-electron chi connectivity index (χ1n) is 9.06. The number of nitrogens with zero attached hydrogens (tertiary/aromatic N) is 1. The van der Waals surface area contributed by atoms with Crippen molar-refractivity contribution in [3.8, 4) is 5.75 Å². The Kier molecular flexibility index (Phi) is 8.24. The van der Waals surface area contributed by atoms with Crippen LogP contribution in [0.4, 0.5) is 0 Å². The van der Waals surface area contributed by atoms with E-state index >= 15 is 0 Å². The Morgan fingerprint density at radius 3 is 2.25 bits per heavy atom. The minimum absolute atomic E-state index is 0.319. The van der Waals surface area contributed by atoms with E-state index in [1.54, 1.807) is 0 Å². The first kappa shape index (κ1) is 21.2. The van der Waals surface area contributed by atoms with Gasteiger partial charge in [-0.3, -0.25) is 4.90 Å². The first-order chi connectivity index (χ1) is 13.4. The molecule has 1 aliphatic rings. The van der Waals surface area contributed by atoms with E-state index in [0.29, 0.717) is 18.3 Å². The zero-order valence-corrected chi connectivity index (χ0v) is 15.8. The molecule has 0 bridgehead atoms. The third-order valence-electron chi connectivity index (χ3n) is 4.23. The summed E-state index contributed by atoms with van der Waals surface area (Å²) in [6.45, 7) is 5.26. The number of aryl methyl sites for hydroxylation is 1. The molecule has 2 aromatic rings. The molecule has 1 unspecified atom stereocenters. The number of hydrogen-bond acceptors (Lipinski definition) is 4. The SMILES string of the molecule is Cc1ccccc1OC1CCN(Cc2ccccc2)C1.O=C(O)/C=C\C(=O)O. The lowest BCUT2D eigenvalue weighted by atomic mass is 10.2. The Morgan fingerprint density at radius 2 is 1.64 bits per heavy atom. The number of ether oxygens (including phenoxy) is 1. The van der Waals surface area contributed by atoms with Gasteiger partial charge in [0.15, 0.2) is 0 Å². The van der Waals surface area contributed by atoms with Crippen LogP contribution < -0.4 is 4.74 Å². The summed E-state index contributed by atoms with van der Waals surface area (Å²) in [4.78, 5) is 21.6. The van der Waals surface area contributed by atoms with Crippen molar-refractivity contribution in [2.24, 2.45) is 0 Å². The Balaban J connectivity index is 0.000000300. The van der Waals surface area contributed by atoms with Crippen molar-refractivity contribution >= 4 is 11.9 Å². The summed E-state index contributed by atoms with van der Waals surface area (Å²) < 4.78 is 6.13. The predicted molar refractivity (Wildman–Crippen MR) is 106 cm³/mol. The second-order valence-corrected chi connectivity index (χ2v) is 6.52. The average Bonchev–Trinajstić information content (AvgIpc) is 3.10. The molecule has 1 atom stereocenters. The number of aliphatic carboxylic acids is 2. The van der Waals surface area contributed by atoms with E-state index in [1.807, 2.05) is 6.07 Å². The molecule has 6 nitrogen and oxygen atoms in total. The number of likely N-dealkylation sites (tertiary alicyclic amines) is 1. The maximum absolute atomic E-state index is 9.55. The number of carbonyl (C=O) groups is 2. The molecule has 6 heteroatoms. The lowest BCUT2D eigenvalue weighted by Crippen LogP contribution is -2.24. The predicted octanol–water partition coefficient (Wildman–Crippen LogP) is 3.36. The first-order valence-corrected chi connectivity index (χ1v) is 9.06. The van der Waals surface area contributed by atoms with Gasteiger partial charge in [-0.25, -0.2) is 9.59 Å². The third kappa shape index (κ3) is 7.63. The standard InChI is InChI=1S/C18H21NO.C4H4O4/c1-15-7-5-6-10-18(15)20-17-11-12-19(14-17)13-16-8-3-2-4-9-16;5-3(6)1-2-4(7)8/h2-10,17H,11-14H2,1H3;1-2H,(H,5,6)(H,7,8)/b;2-1-. The van der Waals surface area contributed by atoms with Crippen LogP contribution in [0.2, 0.25) is 0 Å². The number of carboxylic acids is 2. The number of rotatable bonds is 6. The van der Waals surface area contributed by atoms with Crippen LogP contribution in [0.3, 0.4) is 0 Å². The Labute approximate surface area is 164 Å². The monoisotopic (exact) mass is 383 g/mol. The van der Waals surface area contributed by atoms with E-state index in [2.05, 4.69) is 60.4 Å². The molecular formula is C22H25NO5. The highest BCUT2D eigenvalue weighted by Gasteiger charge is 2.24. The summed E-state index contributed by atoms with van der Waals surface area (Å²) in [5, 5.41) is 15.6. The fourth-order valence-corrected chi connectivity index (χ4v) is 2.89. The molecule has 0 radical (unpaired) electrons. The molecule has 148 valence electrons. The second-order valence-electron chi connectivity index (χ2n) is 6.52. The van der Waals surface area contributed by atoms with E-state index in [1.165, 1.54) is 11.1 Å². The molecule has 1 fully saturated rings. The minimum Gasteiger partial charge on any atom is -0.489 e. The fraction of sp³-hybridized carbons (Fsp3) is 0.273. The smallest absolute Gasteiger partial charge is 0.328 e. The van der Waals surface area contributed by atoms with Crippen LogP contribution >= 0.6 is 0 Å². The number of para-hydroxylation sites is 1. The summed E-state index contributed by atoms with van der Waals surface area (Å²) in [5.41, 5.74) is 2.60. The molecule has 1 aliphatic heterocycles. The van der Waals surface area contributed by atoms with Gasteiger partial charge in [-0.1, -0.05) is 48.5 Å². The molecule has 2 N–H and O–H groups in total. The average molecular weight is 383 g/mol. The Hall–Kier alpha value is -3.12. The fourth-order valence-electron chi connectivity index (χ4n) is 2.89. The van der Waals surface area contributed by atoms with Gasteiger partial charge >= 0.3 is 11.9 Å². The van der Waals surface area contributed by atoms with Gasteiger partial charge < -0.3 is 14.9 Å². The second kappa shape index (κ2) is 10.9. The molecule has 0 amide bonds. The molecule has 0 aliphatic carbocycles. The van der Waals surface area contributed by atoms with Crippen LogP contribution in [-0.2, 0) is 16.1 Å². The molecule has 0 saturated carbocycles. The summed E-state index contributed by atoms with van der Waals surface area (Å²) >= 11 is 0. The van der Waals surface area contributed by atoms with Gasteiger partial charge in [0.25, 0.3) is 0 Å². The lowest BCUT2D eigenvalue weighted by Gasteiger charge is -2.17. The number of hydrogen-bond donors (Lipinski definition) is 2. The van der Waals surface area contributed by atoms with E-state index in [9.17, 15) is 9.59 Å². The molecule has 2 aromatic carbocycles. The summed E-state index contributed by atoms with van der Waals surface area (Å²) in [6, 6.07) is 18.9. The van der Waals surface area contributed by atoms with Gasteiger partial charge in [-0.15, -0.1) is 0 Å². The van der Waals surface area contributed by atoms with E-state index in [0.717, 1.165) is 31.8 Å². The molecule has 0 aromatic heterocycles. The molecular weight excluding hydrogens is 358 g/mol. The van der Waals surface area contributed by atoms with Crippen molar-refractivity contribution < 1.29 is 24.5 Å². The maximum Gasteiger partial charge on any atom is 0.328 e. The van der Waals surface area contributed by atoms with Crippen LogP contribution in [0.15, 0.2) is 66.7 Å². The van der Waals surface area contributed by atoms with Gasteiger partial charge in [0.2, 0.25) is 0 Å². The van der Waals surface area contributed by atoms with Crippen LogP contribution in [0.5, 0.6) is 5.75 Å². The molecule has 28 heavy (non-hydrogen) atoms. The Bertz CT molecular complexity index is 788. The number of benzene rings is 2. The van der Waals surface area contributed by atoms with Gasteiger partial charge in [0, 0.05) is 31.8 Å². The highest BCUT2D eigenvalue weighted by molar-refractivity contribution is 5.89. The van der Waals surface area contributed by atoms with Crippen LogP contribution in [0.1, 0.15) is 17.5 Å². The van der Waals surface area contributed by atoms with Gasteiger partial charge in [-0.05, 0) is 30.5 Å². The summed E-state index contributed by atoms with van der Waals surface area (Å²) in [5.74, 6) is -1.49. The largest absolute Gasteiger partial charge is 0.489 e. The van der Waals surface area contributed by atoms with Crippen LogP contribution in [0, 0.1) is 6.92 Å². The van der Waals surface area contributed by atoms with Gasteiger partial charge in [0.05, 0.1) is 0 Å². The van der Waals surface area contributed by atoms with Crippen molar-refractivity contribution in [1.82, 2.24) is 4.90 Å². The quantitative estimate of drug-likeness (QED) is 0.744. The summed E-state index contributed by atoms with van der Waals surface area (Å²) in [7, 11) is 0. The van der Waals surface area contributed by atoms with Gasteiger partial charge in [-0.2, -0.15) is 0 Å². The van der Waals surface area contributed by atoms with Crippen molar-refractivity contribution in [1.29, 1.82) is 0 Å². The van der Waals surface area contributed by atoms with Crippen molar-refractivity contribution in [2.75, 3.05) is 13.1 Å². The lowest BCUT2D eigenvalue weighted by molar-refractivity contribution is -0.134. The van der Waals surface area contributed by atoms with E-state index in [-0.39, 0.29) is 0 Å². The topological polar surface area (TPSA) is 87.1 Å². The zero-order chi connectivity index (χ0) is 20.4. The normalized spacial score (nSPS) is 16.4. The molecule has 1 heterocycles. The highest BCUT2D eigenvalue weighted by Crippen LogP contribution is 2.22. The third-order valence-corrected chi connectivity index (χ3v) is 4.23. The molecule has 1 saturated heterocycles. The van der Waals surface area contributed by atoms with E-state index in [4.69, 9.17) is 14.9 Å².